The Balaban J connectivity index is 1.36. The first-order valence-corrected chi connectivity index (χ1v) is 9.04. The molecular weight excluding hydrogens is 331 g/mol. The maximum absolute atomic E-state index is 12.9. The number of aromatic amines is 1. The molecule has 6 heteroatoms. The SMILES string of the molecule is O=c1[nH]c2ccccc2n1CCN1CCN(c2cccc(CF)c2)CC1. The fourth-order valence-corrected chi connectivity index (χ4v) is 3.64. The van der Waals surface area contributed by atoms with E-state index in [0.717, 1.165) is 55.0 Å². The average Bonchev–Trinajstić information content (AvgIpc) is 3.02. The number of benzene rings is 2. The van der Waals surface area contributed by atoms with Gasteiger partial charge >= 0.3 is 5.69 Å². The van der Waals surface area contributed by atoms with Crippen molar-refractivity contribution in [3.8, 4) is 0 Å². The van der Waals surface area contributed by atoms with Crippen LogP contribution in [0.5, 0.6) is 0 Å². The van der Waals surface area contributed by atoms with E-state index < -0.39 is 6.67 Å². The molecule has 0 atom stereocenters. The number of alkyl halides is 1. The van der Waals surface area contributed by atoms with Gasteiger partial charge in [0.25, 0.3) is 0 Å². The molecule has 1 aliphatic rings. The predicted molar refractivity (Wildman–Crippen MR) is 102 cm³/mol. The quantitative estimate of drug-likeness (QED) is 0.766. The molecule has 136 valence electrons. The number of para-hydroxylation sites is 2. The summed E-state index contributed by atoms with van der Waals surface area (Å²) in [4.78, 5) is 19.7. The van der Waals surface area contributed by atoms with Crippen molar-refractivity contribution in [3.05, 3.63) is 64.6 Å². The number of imidazole rings is 1. The fraction of sp³-hybridized carbons (Fsp3) is 0.350. The van der Waals surface area contributed by atoms with Gasteiger partial charge in [0.1, 0.15) is 6.67 Å². The van der Waals surface area contributed by atoms with E-state index in [1.165, 1.54) is 0 Å². The van der Waals surface area contributed by atoms with Crippen LogP contribution in [-0.2, 0) is 13.2 Å². The zero-order chi connectivity index (χ0) is 17.9. The number of hydrogen-bond donors (Lipinski definition) is 1. The first-order valence-electron chi connectivity index (χ1n) is 9.04. The van der Waals surface area contributed by atoms with Gasteiger partial charge in [0.2, 0.25) is 0 Å². The van der Waals surface area contributed by atoms with Crippen molar-refractivity contribution in [2.45, 2.75) is 13.2 Å². The minimum atomic E-state index is -0.423. The maximum atomic E-state index is 12.9. The average molecular weight is 354 g/mol. The lowest BCUT2D eigenvalue weighted by Gasteiger charge is -2.36. The number of fused-ring (bicyclic) bond motifs is 1. The topological polar surface area (TPSA) is 44.3 Å². The number of aromatic nitrogens is 2. The number of nitrogens with zero attached hydrogens (tertiary/aromatic N) is 3. The van der Waals surface area contributed by atoms with E-state index in [4.69, 9.17) is 0 Å². The standard InChI is InChI=1S/C20H23FN4O/c21-15-16-4-3-5-17(14-16)24-11-8-23(9-12-24)10-13-25-19-7-2-1-6-18(19)22-20(25)26/h1-7,14H,8-13,15H2,(H,22,26). The number of halogens is 1. The number of hydrogen-bond acceptors (Lipinski definition) is 3. The number of H-pyrrole nitrogens is 1. The Morgan fingerprint density at radius 2 is 1.77 bits per heavy atom. The van der Waals surface area contributed by atoms with Gasteiger partial charge in [0, 0.05) is 45.0 Å². The zero-order valence-electron chi connectivity index (χ0n) is 14.7. The summed E-state index contributed by atoms with van der Waals surface area (Å²) in [6.45, 7) is 4.82. The van der Waals surface area contributed by atoms with Crippen LogP contribution in [0.2, 0.25) is 0 Å². The Kier molecular flexibility index (Phi) is 4.75. The third kappa shape index (κ3) is 3.37. The minimum Gasteiger partial charge on any atom is -0.369 e. The van der Waals surface area contributed by atoms with E-state index in [0.29, 0.717) is 6.54 Å². The molecule has 0 spiro atoms. The van der Waals surface area contributed by atoms with Crippen LogP contribution in [0.1, 0.15) is 5.56 Å². The molecule has 1 aliphatic heterocycles. The summed E-state index contributed by atoms with van der Waals surface area (Å²) >= 11 is 0. The molecule has 2 heterocycles. The van der Waals surface area contributed by atoms with Gasteiger partial charge in [-0.2, -0.15) is 0 Å². The highest BCUT2D eigenvalue weighted by Crippen LogP contribution is 2.19. The van der Waals surface area contributed by atoms with E-state index in [9.17, 15) is 9.18 Å². The zero-order valence-corrected chi connectivity index (χ0v) is 14.7. The van der Waals surface area contributed by atoms with Gasteiger partial charge in [-0.1, -0.05) is 24.3 Å². The highest BCUT2D eigenvalue weighted by atomic mass is 19.1. The Hall–Kier alpha value is -2.60. The molecule has 0 radical (unpaired) electrons. The van der Waals surface area contributed by atoms with Gasteiger partial charge in [-0.25, -0.2) is 9.18 Å². The van der Waals surface area contributed by atoms with Crippen LogP contribution < -0.4 is 10.6 Å². The van der Waals surface area contributed by atoms with Gasteiger partial charge in [-0.15, -0.1) is 0 Å². The summed E-state index contributed by atoms with van der Waals surface area (Å²) in [5.74, 6) is 0. The molecule has 0 amide bonds. The van der Waals surface area contributed by atoms with Crippen molar-refractivity contribution < 1.29 is 4.39 Å². The summed E-state index contributed by atoms with van der Waals surface area (Å²) in [6.07, 6.45) is 0. The van der Waals surface area contributed by atoms with Crippen LogP contribution >= 0.6 is 0 Å². The monoisotopic (exact) mass is 354 g/mol. The van der Waals surface area contributed by atoms with E-state index in [1.54, 1.807) is 0 Å². The van der Waals surface area contributed by atoms with Gasteiger partial charge in [-0.3, -0.25) is 9.47 Å². The maximum Gasteiger partial charge on any atom is 0.326 e. The second kappa shape index (κ2) is 7.33. The Morgan fingerprint density at radius 3 is 2.58 bits per heavy atom. The summed E-state index contributed by atoms with van der Waals surface area (Å²) in [6, 6.07) is 15.5. The van der Waals surface area contributed by atoms with Crippen LogP contribution in [0.15, 0.2) is 53.3 Å². The van der Waals surface area contributed by atoms with Gasteiger partial charge < -0.3 is 9.88 Å². The van der Waals surface area contributed by atoms with Crippen molar-refractivity contribution in [1.82, 2.24) is 14.5 Å². The van der Waals surface area contributed by atoms with E-state index in [-0.39, 0.29) is 5.69 Å². The second-order valence-corrected chi connectivity index (χ2v) is 6.73. The number of rotatable bonds is 5. The summed E-state index contributed by atoms with van der Waals surface area (Å²) in [7, 11) is 0. The minimum absolute atomic E-state index is 0.0483. The van der Waals surface area contributed by atoms with Crippen LogP contribution in [0.3, 0.4) is 0 Å². The Labute approximate surface area is 151 Å². The Morgan fingerprint density at radius 1 is 0.962 bits per heavy atom. The largest absolute Gasteiger partial charge is 0.369 e. The predicted octanol–water partition coefficient (Wildman–Crippen LogP) is 2.62. The second-order valence-electron chi connectivity index (χ2n) is 6.73. The van der Waals surface area contributed by atoms with Crippen LogP contribution in [0.4, 0.5) is 10.1 Å². The Bertz CT molecular complexity index is 940. The molecule has 0 bridgehead atoms. The number of nitrogens with one attached hydrogen (secondary N) is 1. The van der Waals surface area contributed by atoms with Gasteiger partial charge in [0.05, 0.1) is 11.0 Å². The first kappa shape index (κ1) is 16.8. The van der Waals surface area contributed by atoms with Crippen molar-refractivity contribution in [2.75, 3.05) is 37.6 Å². The molecule has 0 aliphatic carbocycles. The molecule has 1 aromatic heterocycles. The van der Waals surface area contributed by atoms with Gasteiger partial charge in [0.15, 0.2) is 0 Å². The normalized spacial score (nSPS) is 15.7. The lowest BCUT2D eigenvalue weighted by atomic mass is 10.2. The molecule has 5 nitrogen and oxygen atoms in total. The van der Waals surface area contributed by atoms with Crippen molar-refractivity contribution >= 4 is 16.7 Å². The first-order chi connectivity index (χ1) is 12.7. The van der Waals surface area contributed by atoms with Gasteiger partial charge in [-0.05, 0) is 29.8 Å². The fourth-order valence-electron chi connectivity index (χ4n) is 3.64. The number of piperazine rings is 1. The van der Waals surface area contributed by atoms with E-state index in [2.05, 4.69) is 14.8 Å². The third-order valence-corrected chi connectivity index (χ3v) is 5.12. The van der Waals surface area contributed by atoms with Crippen LogP contribution in [-0.4, -0.2) is 47.2 Å². The van der Waals surface area contributed by atoms with E-state index in [1.807, 2.05) is 53.1 Å². The highest BCUT2D eigenvalue weighted by Gasteiger charge is 2.18. The molecule has 0 saturated carbocycles. The number of anilines is 1. The van der Waals surface area contributed by atoms with E-state index >= 15 is 0 Å². The lowest BCUT2D eigenvalue weighted by Crippen LogP contribution is -2.47. The summed E-state index contributed by atoms with van der Waals surface area (Å²) in [5, 5.41) is 0. The van der Waals surface area contributed by atoms with Crippen LogP contribution in [0, 0.1) is 0 Å². The third-order valence-electron chi connectivity index (χ3n) is 5.12. The van der Waals surface area contributed by atoms with Crippen molar-refractivity contribution in [2.24, 2.45) is 0 Å². The molecular formula is C20H23FN4O. The smallest absolute Gasteiger partial charge is 0.326 e. The van der Waals surface area contributed by atoms with Crippen LogP contribution in [0.25, 0.3) is 11.0 Å². The molecule has 26 heavy (non-hydrogen) atoms. The van der Waals surface area contributed by atoms with Crippen molar-refractivity contribution in [3.63, 3.8) is 0 Å². The molecule has 1 fully saturated rings. The highest BCUT2D eigenvalue weighted by molar-refractivity contribution is 5.74. The molecule has 4 rings (SSSR count). The molecule has 3 aromatic rings. The molecule has 1 N–H and O–H groups in total. The molecule has 1 saturated heterocycles. The van der Waals surface area contributed by atoms with Crippen molar-refractivity contribution in [1.29, 1.82) is 0 Å². The summed E-state index contributed by atoms with van der Waals surface area (Å²) in [5.41, 5.74) is 3.61. The molecule has 2 aromatic carbocycles. The molecule has 0 unspecified atom stereocenters. The summed E-state index contributed by atoms with van der Waals surface area (Å²) < 4.78 is 14.7. The lowest BCUT2D eigenvalue weighted by molar-refractivity contribution is 0.248.